The predicted molar refractivity (Wildman–Crippen MR) is 99.6 cm³/mol. The van der Waals surface area contributed by atoms with E-state index in [1.807, 2.05) is 12.1 Å². The number of halogens is 1. The molecule has 5 nitrogen and oxygen atoms in total. The summed E-state index contributed by atoms with van der Waals surface area (Å²) >= 11 is 1.57. The molecule has 0 amide bonds. The van der Waals surface area contributed by atoms with Crippen molar-refractivity contribution in [2.45, 2.75) is 33.7 Å². The van der Waals surface area contributed by atoms with E-state index in [0.717, 1.165) is 22.1 Å². The van der Waals surface area contributed by atoms with Gasteiger partial charge in [-0.3, -0.25) is 0 Å². The molecule has 0 spiro atoms. The molecule has 0 bridgehead atoms. The van der Waals surface area contributed by atoms with Gasteiger partial charge in [0.2, 0.25) is 0 Å². The number of benzene rings is 1. The highest BCUT2D eigenvalue weighted by atomic mass is 127. The molecular formula is C14H20IN5S. The maximum absolute atomic E-state index is 5.89. The number of anilines is 1. The molecular weight excluding hydrogens is 397 g/mol. The molecule has 0 saturated heterocycles. The lowest BCUT2D eigenvalue weighted by Gasteiger charge is -2.07. The lowest BCUT2D eigenvalue weighted by molar-refractivity contribution is 0.921. The zero-order chi connectivity index (χ0) is 14.5. The van der Waals surface area contributed by atoms with Gasteiger partial charge in [-0.2, -0.15) is 0 Å². The topological polar surface area (TPSA) is 76.2 Å². The second-order valence-corrected chi connectivity index (χ2v) is 5.79. The molecule has 0 aliphatic rings. The lowest BCUT2D eigenvalue weighted by atomic mass is 10.1. The molecule has 0 aliphatic heterocycles. The second kappa shape index (κ2) is 8.28. The minimum absolute atomic E-state index is 0. The smallest absolute Gasteiger partial charge is 0.193 e. The van der Waals surface area contributed by atoms with E-state index >= 15 is 0 Å². The molecule has 1 aromatic heterocycles. The molecule has 0 atom stereocenters. The first-order valence-electron chi connectivity index (χ1n) is 6.53. The van der Waals surface area contributed by atoms with Crippen LogP contribution < -0.4 is 11.1 Å². The number of aromatic nitrogens is 2. The van der Waals surface area contributed by atoms with Crippen LogP contribution in [0.4, 0.5) is 5.69 Å². The van der Waals surface area contributed by atoms with Crippen molar-refractivity contribution in [1.82, 2.24) is 10.2 Å². The summed E-state index contributed by atoms with van der Waals surface area (Å²) in [6.45, 7) is 6.63. The first-order chi connectivity index (χ1) is 9.56. The number of hydrogen-bond acceptors (Lipinski definition) is 4. The van der Waals surface area contributed by atoms with Gasteiger partial charge < -0.3 is 11.1 Å². The molecule has 0 fully saturated rings. The fourth-order valence-electron chi connectivity index (χ4n) is 1.88. The van der Waals surface area contributed by atoms with Crippen molar-refractivity contribution in [2.24, 2.45) is 10.7 Å². The Morgan fingerprint density at radius 1 is 1.19 bits per heavy atom. The molecule has 1 aromatic carbocycles. The third-order valence-electron chi connectivity index (χ3n) is 2.69. The molecule has 21 heavy (non-hydrogen) atoms. The van der Waals surface area contributed by atoms with Gasteiger partial charge in [0.1, 0.15) is 10.0 Å². The number of rotatable bonds is 4. The molecule has 0 unspecified atom stereocenters. The van der Waals surface area contributed by atoms with E-state index in [-0.39, 0.29) is 24.0 Å². The highest BCUT2D eigenvalue weighted by molar-refractivity contribution is 14.0. The van der Waals surface area contributed by atoms with Crippen LogP contribution in [0.2, 0.25) is 0 Å². The van der Waals surface area contributed by atoms with Crippen LogP contribution in [-0.2, 0) is 13.0 Å². The first kappa shape index (κ1) is 17.8. The van der Waals surface area contributed by atoms with Crippen LogP contribution in [0.15, 0.2) is 23.2 Å². The number of aliphatic imine (C=N–C) groups is 1. The quantitative estimate of drug-likeness (QED) is 0.455. The van der Waals surface area contributed by atoms with E-state index in [4.69, 9.17) is 5.73 Å². The number of aryl methyl sites for hydroxylation is 3. The van der Waals surface area contributed by atoms with Gasteiger partial charge in [0.15, 0.2) is 5.96 Å². The molecule has 7 heteroatoms. The Labute approximate surface area is 146 Å². The van der Waals surface area contributed by atoms with Gasteiger partial charge in [0.05, 0.1) is 6.54 Å². The normalized spacial score (nSPS) is 11.1. The third kappa shape index (κ3) is 5.58. The van der Waals surface area contributed by atoms with Crippen molar-refractivity contribution in [2.75, 3.05) is 5.32 Å². The average Bonchev–Trinajstić information content (AvgIpc) is 2.83. The zero-order valence-corrected chi connectivity index (χ0v) is 15.5. The summed E-state index contributed by atoms with van der Waals surface area (Å²) in [6, 6.07) is 6.19. The molecule has 3 N–H and O–H groups in total. The van der Waals surface area contributed by atoms with Crippen molar-refractivity contribution in [1.29, 1.82) is 0 Å². The van der Waals surface area contributed by atoms with Crippen molar-refractivity contribution >= 4 is 47.0 Å². The van der Waals surface area contributed by atoms with Gasteiger partial charge in [0, 0.05) is 5.69 Å². The van der Waals surface area contributed by atoms with Crippen LogP contribution in [0.1, 0.15) is 28.1 Å². The van der Waals surface area contributed by atoms with Crippen LogP contribution in [-0.4, -0.2) is 16.2 Å². The Hall–Kier alpha value is -1.22. The highest BCUT2D eigenvalue weighted by Crippen LogP contribution is 2.14. The summed E-state index contributed by atoms with van der Waals surface area (Å²) in [5.74, 6) is 0.392. The maximum atomic E-state index is 5.89. The minimum Gasteiger partial charge on any atom is -0.370 e. The molecule has 1 heterocycles. The number of nitrogens with one attached hydrogen (secondary N) is 1. The van der Waals surface area contributed by atoms with Crippen LogP contribution >= 0.6 is 35.3 Å². The van der Waals surface area contributed by atoms with Gasteiger partial charge in [-0.05, 0) is 43.5 Å². The highest BCUT2D eigenvalue weighted by Gasteiger charge is 2.02. The van der Waals surface area contributed by atoms with Crippen molar-refractivity contribution in [3.05, 3.63) is 39.3 Å². The number of nitrogens with zero attached hydrogens (tertiary/aromatic N) is 3. The summed E-state index contributed by atoms with van der Waals surface area (Å²) in [6.07, 6.45) is 0.900. The van der Waals surface area contributed by atoms with Gasteiger partial charge in [0.25, 0.3) is 0 Å². The summed E-state index contributed by atoms with van der Waals surface area (Å²) in [4.78, 5) is 4.29. The van der Waals surface area contributed by atoms with E-state index in [1.165, 1.54) is 11.1 Å². The Balaban J connectivity index is 0.00000220. The Morgan fingerprint density at radius 3 is 2.38 bits per heavy atom. The molecule has 114 valence electrons. The molecule has 2 aromatic rings. The number of nitrogens with two attached hydrogens (primary N) is 1. The SMILES string of the molecule is CCc1nnc(CN=C(N)Nc2cc(C)cc(C)c2)s1.I. The molecule has 0 radical (unpaired) electrons. The maximum Gasteiger partial charge on any atom is 0.193 e. The van der Waals surface area contributed by atoms with Crippen LogP contribution in [0.3, 0.4) is 0 Å². The van der Waals surface area contributed by atoms with E-state index in [1.54, 1.807) is 11.3 Å². The van der Waals surface area contributed by atoms with Crippen molar-refractivity contribution in [3.63, 3.8) is 0 Å². The fraction of sp³-hybridized carbons (Fsp3) is 0.357. The third-order valence-corrected chi connectivity index (χ3v) is 3.74. The first-order valence-corrected chi connectivity index (χ1v) is 7.35. The van der Waals surface area contributed by atoms with E-state index in [0.29, 0.717) is 12.5 Å². The minimum atomic E-state index is 0. The van der Waals surface area contributed by atoms with Gasteiger partial charge in [-0.15, -0.1) is 34.2 Å². The number of hydrogen-bond donors (Lipinski definition) is 2. The largest absolute Gasteiger partial charge is 0.370 e. The van der Waals surface area contributed by atoms with Crippen molar-refractivity contribution < 1.29 is 0 Å². The Bertz CT molecular complexity index is 603. The molecule has 2 rings (SSSR count). The van der Waals surface area contributed by atoms with Gasteiger partial charge in [-0.25, -0.2) is 4.99 Å². The standard InChI is InChI=1S/C14H19N5S.HI/c1-4-12-18-19-13(20-12)8-16-14(15)17-11-6-9(2)5-10(3)7-11;/h5-7H,4,8H2,1-3H3,(H3,15,16,17);1H. The Morgan fingerprint density at radius 2 is 1.81 bits per heavy atom. The average molecular weight is 417 g/mol. The fourth-order valence-corrected chi connectivity index (χ4v) is 2.59. The second-order valence-electron chi connectivity index (χ2n) is 4.65. The van der Waals surface area contributed by atoms with Gasteiger partial charge in [-0.1, -0.05) is 24.3 Å². The summed E-state index contributed by atoms with van der Waals surface area (Å²) in [5, 5.41) is 13.1. The van der Waals surface area contributed by atoms with Gasteiger partial charge >= 0.3 is 0 Å². The summed E-state index contributed by atoms with van der Waals surface area (Å²) < 4.78 is 0. The zero-order valence-electron chi connectivity index (χ0n) is 12.4. The van der Waals surface area contributed by atoms with E-state index in [2.05, 4.69) is 47.3 Å². The van der Waals surface area contributed by atoms with Crippen LogP contribution in [0.25, 0.3) is 0 Å². The van der Waals surface area contributed by atoms with E-state index in [9.17, 15) is 0 Å². The summed E-state index contributed by atoms with van der Waals surface area (Å²) in [7, 11) is 0. The van der Waals surface area contributed by atoms with E-state index < -0.39 is 0 Å². The van der Waals surface area contributed by atoms with Crippen LogP contribution in [0.5, 0.6) is 0 Å². The Kier molecular flexibility index (Phi) is 7.03. The van der Waals surface area contributed by atoms with Crippen molar-refractivity contribution in [3.8, 4) is 0 Å². The van der Waals surface area contributed by atoms with Crippen LogP contribution in [0, 0.1) is 13.8 Å². The number of guanidine groups is 1. The summed E-state index contributed by atoms with van der Waals surface area (Å²) in [5.41, 5.74) is 9.23. The lowest BCUT2D eigenvalue weighted by Crippen LogP contribution is -2.22. The molecule has 0 saturated carbocycles. The predicted octanol–water partition coefficient (Wildman–Crippen LogP) is 3.26. The monoisotopic (exact) mass is 417 g/mol. The molecule has 0 aliphatic carbocycles.